The Labute approximate surface area is 90.7 Å². The lowest BCUT2D eigenvalue weighted by Gasteiger charge is -2.26. The quantitative estimate of drug-likeness (QED) is 0.809. The smallest absolute Gasteiger partial charge is 0.215 e. The molecule has 2 rings (SSSR count). The summed E-state index contributed by atoms with van der Waals surface area (Å²) in [5, 5.41) is 0. The van der Waals surface area contributed by atoms with Crippen LogP contribution >= 0.6 is 0 Å². The molecule has 0 saturated heterocycles. The van der Waals surface area contributed by atoms with Crippen molar-refractivity contribution in [2.24, 2.45) is 5.92 Å². The number of nitrogens with zero attached hydrogens (tertiary/aromatic N) is 1. The zero-order chi connectivity index (χ0) is 10.7. The van der Waals surface area contributed by atoms with Crippen LogP contribution in [0, 0.1) is 5.92 Å². The molecule has 82 valence electrons. The second kappa shape index (κ2) is 4.51. The van der Waals surface area contributed by atoms with Crippen LogP contribution in [0.4, 0.5) is 5.82 Å². The van der Waals surface area contributed by atoms with Gasteiger partial charge in [-0.05, 0) is 37.7 Å². The summed E-state index contributed by atoms with van der Waals surface area (Å²) < 4.78 is 5.79. The van der Waals surface area contributed by atoms with Crippen molar-refractivity contribution in [1.29, 1.82) is 0 Å². The van der Waals surface area contributed by atoms with Crippen LogP contribution in [0.15, 0.2) is 18.2 Å². The van der Waals surface area contributed by atoms with Gasteiger partial charge in [-0.25, -0.2) is 0 Å². The Bertz CT molecular complexity index is 319. The van der Waals surface area contributed by atoms with Crippen molar-refractivity contribution in [1.82, 2.24) is 4.98 Å². The van der Waals surface area contributed by atoms with E-state index >= 15 is 0 Å². The molecular weight excluding hydrogens is 188 g/mol. The van der Waals surface area contributed by atoms with Gasteiger partial charge in [0.1, 0.15) is 11.9 Å². The van der Waals surface area contributed by atoms with Crippen LogP contribution in [0.5, 0.6) is 5.88 Å². The lowest BCUT2D eigenvalue weighted by Crippen LogP contribution is -2.23. The van der Waals surface area contributed by atoms with Crippen molar-refractivity contribution in [3.63, 3.8) is 0 Å². The number of anilines is 1. The van der Waals surface area contributed by atoms with Gasteiger partial charge >= 0.3 is 0 Å². The third-order valence-electron chi connectivity index (χ3n) is 3.00. The van der Waals surface area contributed by atoms with E-state index in [1.807, 2.05) is 12.1 Å². The van der Waals surface area contributed by atoms with E-state index in [0.29, 0.717) is 17.8 Å². The van der Waals surface area contributed by atoms with Gasteiger partial charge in [-0.15, -0.1) is 0 Å². The number of nitrogen functional groups attached to an aromatic ring is 1. The minimum Gasteiger partial charge on any atom is -0.474 e. The molecule has 1 aromatic heterocycles. The lowest BCUT2D eigenvalue weighted by molar-refractivity contribution is 0.130. The van der Waals surface area contributed by atoms with E-state index in [4.69, 9.17) is 10.5 Å². The molecule has 2 N–H and O–H groups in total. The highest BCUT2D eigenvalue weighted by atomic mass is 16.5. The largest absolute Gasteiger partial charge is 0.474 e. The van der Waals surface area contributed by atoms with Crippen molar-refractivity contribution >= 4 is 5.82 Å². The molecule has 1 aromatic rings. The molecule has 0 atom stereocenters. The third-order valence-corrected chi connectivity index (χ3v) is 3.00. The summed E-state index contributed by atoms with van der Waals surface area (Å²) in [6.45, 7) is 2.30. The number of hydrogen-bond acceptors (Lipinski definition) is 3. The zero-order valence-corrected chi connectivity index (χ0v) is 9.15. The SMILES string of the molecule is CC1CCC(Oc2cccc(N)n2)CC1. The summed E-state index contributed by atoms with van der Waals surface area (Å²) in [6, 6.07) is 5.52. The first-order chi connectivity index (χ1) is 7.24. The number of rotatable bonds is 2. The molecule has 0 unspecified atom stereocenters. The Morgan fingerprint density at radius 1 is 1.27 bits per heavy atom. The first kappa shape index (κ1) is 10.3. The molecule has 3 nitrogen and oxygen atoms in total. The van der Waals surface area contributed by atoms with Crippen LogP contribution in [0.25, 0.3) is 0 Å². The fourth-order valence-corrected chi connectivity index (χ4v) is 2.01. The number of aromatic nitrogens is 1. The highest BCUT2D eigenvalue weighted by Crippen LogP contribution is 2.26. The molecule has 0 amide bonds. The molecule has 0 spiro atoms. The van der Waals surface area contributed by atoms with Gasteiger partial charge < -0.3 is 10.5 Å². The fraction of sp³-hybridized carbons (Fsp3) is 0.583. The second-order valence-corrected chi connectivity index (χ2v) is 4.40. The van der Waals surface area contributed by atoms with Gasteiger partial charge in [-0.1, -0.05) is 13.0 Å². The highest BCUT2D eigenvalue weighted by Gasteiger charge is 2.19. The van der Waals surface area contributed by atoms with E-state index in [9.17, 15) is 0 Å². The third kappa shape index (κ3) is 2.85. The molecule has 1 aliphatic carbocycles. The maximum atomic E-state index is 5.79. The number of ether oxygens (including phenoxy) is 1. The molecule has 1 aliphatic rings. The van der Waals surface area contributed by atoms with Gasteiger partial charge in [0.05, 0.1) is 0 Å². The Kier molecular flexibility index (Phi) is 3.09. The number of hydrogen-bond donors (Lipinski definition) is 1. The maximum absolute atomic E-state index is 5.79. The summed E-state index contributed by atoms with van der Waals surface area (Å²) >= 11 is 0. The predicted octanol–water partition coefficient (Wildman–Crippen LogP) is 2.62. The Balaban J connectivity index is 1.92. The van der Waals surface area contributed by atoms with Crippen molar-refractivity contribution in [2.45, 2.75) is 38.7 Å². The van der Waals surface area contributed by atoms with Gasteiger partial charge in [0.25, 0.3) is 0 Å². The molecule has 3 heteroatoms. The van der Waals surface area contributed by atoms with E-state index in [-0.39, 0.29) is 0 Å². The average Bonchev–Trinajstić information content (AvgIpc) is 2.22. The first-order valence-electron chi connectivity index (χ1n) is 5.63. The molecule has 1 saturated carbocycles. The van der Waals surface area contributed by atoms with Crippen LogP contribution in [-0.2, 0) is 0 Å². The van der Waals surface area contributed by atoms with E-state index < -0.39 is 0 Å². The molecule has 0 aliphatic heterocycles. The van der Waals surface area contributed by atoms with Gasteiger partial charge in [0, 0.05) is 6.07 Å². The van der Waals surface area contributed by atoms with Gasteiger partial charge in [-0.2, -0.15) is 4.98 Å². The highest BCUT2D eigenvalue weighted by molar-refractivity contribution is 5.31. The minimum absolute atomic E-state index is 0.329. The van der Waals surface area contributed by atoms with Crippen LogP contribution < -0.4 is 10.5 Å². The fourth-order valence-electron chi connectivity index (χ4n) is 2.01. The molecule has 0 aromatic carbocycles. The van der Waals surface area contributed by atoms with E-state index in [1.54, 1.807) is 6.07 Å². The lowest BCUT2D eigenvalue weighted by atomic mass is 9.89. The van der Waals surface area contributed by atoms with Crippen molar-refractivity contribution in [2.75, 3.05) is 5.73 Å². The summed E-state index contributed by atoms with van der Waals surface area (Å²) in [6.07, 6.45) is 5.12. The molecule has 0 bridgehead atoms. The minimum atomic E-state index is 0.329. The molecule has 15 heavy (non-hydrogen) atoms. The average molecular weight is 206 g/mol. The van der Waals surface area contributed by atoms with Crippen molar-refractivity contribution in [3.8, 4) is 5.88 Å². The second-order valence-electron chi connectivity index (χ2n) is 4.40. The summed E-state index contributed by atoms with van der Waals surface area (Å²) in [5.41, 5.74) is 5.59. The van der Waals surface area contributed by atoms with Crippen molar-refractivity contribution < 1.29 is 4.74 Å². The van der Waals surface area contributed by atoms with Crippen molar-refractivity contribution in [3.05, 3.63) is 18.2 Å². The molecule has 0 radical (unpaired) electrons. The Morgan fingerprint density at radius 3 is 2.67 bits per heavy atom. The van der Waals surface area contributed by atoms with Gasteiger partial charge in [-0.3, -0.25) is 0 Å². The predicted molar refractivity (Wildman–Crippen MR) is 60.7 cm³/mol. The molecule has 1 fully saturated rings. The van der Waals surface area contributed by atoms with Crippen LogP contribution in [0.3, 0.4) is 0 Å². The summed E-state index contributed by atoms with van der Waals surface area (Å²) in [7, 11) is 0. The van der Waals surface area contributed by atoms with Crippen LogP contribution in [0.2, 0.25) is 0 Å². The van der Waals surface area contributed by atoms with Crippen LogP contribution in [-0.4, -0.2) is 11.1 Å². The Morgan fingerprint density at radius 2 is 2.00 bits per heavy atom. The summed E-state index contributed by atoms with van der Waals surface area (Å²) in [5.74, 6) is 2.03. The van der Waals surface area contributed by atoms with Crippen LogP contribution in [0.1, 0.15) is 32.6 Å². The number of pyridine rings is 1. The summed E-state index contributed by atoms with van der Waals surface area (Å²) in [4.78, 5) is 4.14. The zero-order valence-electron chi connectivity index (χ0n) is 9.15. The van der Waals surface area contributed by atoms with Gasteiger partial charge in [0.2, 0.25) is 5.88 Å². The van der Waals surface area contributed by atoms with E-state index in [0.717, 1.165) is 18.8 Å². The molecule has 1 heterocycles. The topological polar surface area (TPSA) is 48.1 Å². The standard InChI is InChI=1S/C12H18N2O/c1-9-5-7-10(8-6-9)15-12-4-2-3-11(13)14-12/h2-4,9-10H,5-8H2,1H3,(H2,13,14). The molecular formula is C12H18N2O. The van der Waals surface area contributed by atoms with E-state index in [1.165, 1.54) is 12.8 Å². The first-order valence-corrected chi connectivity index (χ1v) is 5.63. The number of nitrogens with two attached hydrogens (primary N) is 1. The monoisotopic (exact) mass is 206 g/mol. The normalized spacial score (nSPS) is 26.2. The Hall–Kier alpha value is -1.25. The van der Waals surface area contributed by atoms with E-state index in [2.05, 4.69) is 11.9 Å². The van der Waals surface area contributed by atoms with Gasteiger partial charge in [0.15, 0.2) is 0 Å². The maximum Gasteiger partial charge on any atom is 0.215 e.